The number of para-hydroxylation sites is 1. The highest BCUT2D eigenvalue weighted by molar-refractivity contribution is 6.01. The fourth-order valence-electron chi connectivity index (χ4n) is 1.41. The molecule has 0 radical (unpaired) electrons. The minimum absolute atomic E-state index is 0.289. The zero-order valence-electron chi connectivity index (χ0n) is 9.06. The third-order valence-corrected chi connectivity index (χ3v) is 1.99. The van der Waals surface area contributed by atoms with Gasteiger partial charge in [-0.3, -0.25) is 4.68 Å². The van der Waals surface area contributed by atoms with Gasteiger partial charge in [-0.05, 0) is 6.07 Å². The summed E-state index contributed by atoms with van der Waals surface area (Å²) in [4.78, 5) is 10.8. The van der Waals surface area contributed by atoms with Gasteiger partial charge >= 0.3 is 5.97 Å². The van der Waals surface area contributed by atoms with E-state index < -0.39 is 5.97 Å². The maximum Gasteiger partial charge on any atom is 0.337 e. The molecule has 0 spiro atoms. The Morgan fingerprint density at radius 3 is 2.67 bits per heavy atom. The van der Waals surface area contributed by atoms with Crippen molar-refractivity contribution in [1.29, 1.82) is 0 Å². The number of carbonyl (C=O) groups is 1. The Hall–Kier alpha value is -1.84. The van der Waals surface area contributed by atoms with Gasteiger partial charge in [0.25, 0.3) is 0 Å². The molecule has 1 N–H and O–H groups in total. The van der Waals surface area contributed by atoms with Crippen LogP contribution in [0.4, 0.5) is 0 Å². The molecule has 2 aromatic rings. The van der Waals surface area contributed by atoms with Gasteiger partial charge in [0, 0.05) is 12.4 Å². The molecule has 0 unspecified atom stereocenters. The van der Waals surface area contributed by atoms with Crippen molar-refractivity contribution in [2.45, 2.75) is 13.8 Å². The summed E-state index contributed by atoms with van der Waals surface area (Å²) in [5.41, 5.74) is 0.951. The molecule has 15 heavy (non-hydrogen) atoms. The number of carboxylic acids is 1. The molecule has 2 rings (SSSR count). The molecule has 0 amide bonds. The molecule has 0 aliphatic carbocycles. The van der Waals surface area contributed by atoms with Gasteiger partial charge in [-0.2, -0.15) is 5.10 Å². The number of hydrogen-bond acceptors (Lipinski definition) is 2. The van der Waals surface area contributed by atoms with Gasteiger partial charge in [0.2, 0.25) is 0 Å². The van der Waals surface area contributed by atoms with Crippen LogP contribution in [0.25, 0.3) is 10.9 Å². The molecule has 4 nitrogen and oxygen atoms in total. The molecule has 80 valence electrons. The number of aromatic carboxylic acids is 1. The second-order valence-corrected chi connectivity index (χ2v) is 2.82. The van der Waals surface area contributed by atoms with Crippen molar-refractivity contribution >= 4 is 16.9 Å². The van der Waals surface area contributed by atoms with Gasteiger partial charge in [-0.25, -0.2) is 4.79 Å². The average molecular weight is 206 g/mol. The predicted octanol–water partition coefficient (Wildman–Crippen LogP) is 2.30. The van der Waals surface area contributed by atoms with E-state index in [2.05, 4.69) is 5.10 Å². The Kier molecular flexibility index (Phi) is 3.44. The van der Waals surface area contributed by atoms with Crippen LogP contribution in [-0.4, -0.2) is 20.9 Å². The Bertz CT molecular complexity index is 474. The van der Waals surface area contributed by atoms with E-state index in [1.165, 1.54) is 0 Å². The fourth-order valence-corrected chi connectivity index (χ4v) is 1.41. The van der Waals surface area contributed by atoms with E-state index in [4.69, 9.17) is 5.11 Å². The second-order valence-electron chi connectivity index (χ2n) is 2.82. The summed E-state index contributed by atoms with van der Waals surface area (Å²) in [5.74, 6) is -0.922. The summed E-state index contributed by atoms with van der Waals surface area (Å²) in [6.07, 6.45) is 1.65. The molecule has 1 aromatic carbocycles. The normalized spacial score (nSPS) is 9.53. The standard InChI is InChI=1S/C9H8N2O2.C2H6/c1-11-8-6(5-10-11)3-2-4-7(8)9(12)13;1-2/h2-5H,1H3,(H,12,13);1-2H3. The lowest BCUT2D eigenvalue weighted by Crippen LogP contribution is -2.00. The van der Waals surface area contributed by atoms with Crippen LogP contribution in [0, 0.1) is 0 Å². The first-order valence-electron chi connectivity index (χ1n) is 4.84. The smallest absolute Gasteiger partial charge is 0.337 e. The zero-order chi connectivity index (χ0) is 11.4. The highest BCUT2D eigenvalue weighted by Crippen LogP contribution is 2.17. The monoisotopic (exact) mass is 206 g/mol. The van der Waals surface area contributed by atoms with E-state index in [9.17, 15) is 4.79 Å². The fraction of sp³-hybridized carbons (Fsp3) is 0.273. The van der Waals surface area contributed by atoms with Crippen molar-refractivity contribution in [3.8, 4) is 0 Å². The van der Waals surface area contributed by atoms with Gasteiger partial charge < -0.3 is 5.11 Å². The molecule has 0 bridgehead atoms. The summed E-state index contributed by atoms with van der Waals surface area (Å²) in [5, 5.41) is 13.7. The van der Waals surface area contributed by atoms with Crippen LogP contribution in [0.1, 0.15) is 24.2 Å². The van der Waals surface area contributed by atoms with Crippen molar-refractivity contribution in [1.82, 2.24) is 9.78 Å². The van der Waals surface area contributed by atoms with Gasteiger partial charge in [-0.1, -0.05) is 26.0 Å². The first-order chi connectivity index (χ1) is 7.20. The molecule has 4 heteroatoms. The molecule has 0 aliphatic heterocycles. The molecule has 0 atom stereocenters. The molecule has 0 aliphatic rings. The summed E-state index contributed by atoms with van der Waals surface area (Å²) < 4.78 is 1.57. The maximum atomic E-state index is 10.8. The quantitative estimate of drug-likeness (QED) is 0.778. The van der Waals surface area contributed by atoms with E-state index >= 15 is 0 Å². The van der Waals surface area contributed by atoms with E-state index in [-0.39, 0.29) is 5.56 Å². The molecule has 0 saturated carbocycles. The van der Waals surface area contributed by atoms with Crippen molar-refractivity contribution < 1.29 is 9.90 Å². The lowest BCUT2D eigenvalue weighted by atomic mass is 10.1. The first-order valence-corrected chi connectivity index (χ1v) is 4.84. The molecular formula is C11H14N2O2. The van der Waals surface area contributed by atoms with Crippen LogP contribution in [-0.2, 0) is 7.05 Å². The number of rotatable bonds is 1. The van der Waals surface area contributed by atoms with Crippen molar-refractivity contribution in [3.63, 3.8) is 0 Å². The molecule has 0 saturated heterocycles. The third-order valence-electron chi connectivity index (χ3n) is 1.99. The van der Waals surface area contributed by atoms with Crippen LogP contribution in [0.5, 0.6) is 0 Å². The topological polar surface area (TPSA) is 55.1 Å². The average Bonchev–Trinajstić information content (AvgIpc) is 2.63. The second kappa shape index (κ2) is 4.59. The molecular weight excluding hydrogens is 192 g/mol. The maximum absolute atomic E-state index is 10.8. The highest BCUT2D eigenvalue weighted by Gasteiger charge is 2.10. The van der Waals surface area contributed by atoms with E-state index in [0.717, 1.165) is 5.39 Å². The Labute approximate surface area is 88.1 Å². The lowest BCUT2D eigenvalue weighted by molar-refractivity contribution is 0.0698. The number of aryl methyl sites for hydroxylation is 1. The van der Waals surface area contributed by atoms with Crippen molar-refractivity contribution in [3.05, 3.63) is 30.0 Å². The van der Waals surface area contributed by atoms with Gasteiger partial charge in [-0.15, -0.1) is 0 Å². The van der Waals surface area contributed by atoms with Gasteiger partial charge in [0.1, 0.15) is 0 Å². The van der Waals surface area contributed by atoms with Crippen molar-refractivity contribution in [2.24, 2.45) is 7.05 Å². The summed E-state index contributed by atoms with van der Waals surface area (Å²) >= 11 is 0. The Balaban J connectivity index is 0.000000531. The highest BCUT2D eigenvalue weighted by atomic mass is 16.4. The van der Waals surface area contributed by atoms with Gasteiger partial charge in [0.05, 0.1) is 17.3 Å². The summed E-state index contributed by atoms with van der Waals surface area (Å²) in [6.45, 7) is 4.00. The van der Waals surface area contributed by atoms with Gasteiger partial charge in [0.15, 0.2) is 0 Å². The third kappa shape index (κ3) is 1.98. The Morgan fingerprint density at radius 1 is 1.40 bits per heavy atom. The number of aromatic nitrogens is 2. The lowest BCUT2D eigenvalue weighted by Gasteiger charge is -1.98. The number of carboxylic acid groups (broad SMARTS) is 1. The van der Waals surface area contributed by atoms with Crippen molar-refractivity contribution in [2.75, 3.05) is 0 Å². The largest absolute Gasteiger partial charge is 0.478 e. The molecule has 1 aromatic heterocycles. The number of hydrogen-bond donors (Lipinski definition) is 1. The summed E-state index contributed by atoms with van der Waals surface area (Å²) in [7, 11) is 1.73. The predicted molar refractivity (Wildman–Crippen MR) is 59.0 cm³/mol. The first kappa shape index (κ1) is 11.2. The number of nitrogens with zero attached hydrogens (tertiary/aromatic N) is 2. The van der Waals surface area contributed by atoms with Crippen LogP contribution < -0.4 is 0 Å². The SMILES string of the molecule is CC.Cn1ncc2cccc(C(=O)O)c21. The molecule has 0 fully saturated rings. The minimum Gasteiger partial charge on any atom is -0.478 e. The molecule has 1 heterocycles. The number of benzene rings is 1. The minimum atomic E-state index is -0.922. The zero-order valence-corrected chi connectivity index (χ0v) is 9.06. The number of fused-ring (bicyclic) bond motifs is 1. The Morgan fingerprint density at radius 2 is 2.07 bits per heavy atom. The van der Waals surface area contributed by atoms with Crippen LogP contribution in [0.2, 0.25) is 0 Å². The van der Waals surface area contributed by atoms with Crippen LogP contribution in [0.15, 0.2) is 24.4 Å². The summed E-state index contributed by atoms with van der Waals surface area (Å²) in [6, 6.07) is 5.13. The van der Waals surface area contributed by atoms with Crippen LogP contribution in [0.3, 0.4) is 0 Å². The van der Waals surface area contributed by atoms with E-state index in [0.29, 0.717) is 5.52 Å². The van der Waals surface area contributed by atoms with E-state index in [1.807, 2.05) is 19.9 Å². The van der Waals surface area contributed by atoms with E-state index in [1.54, 1.807) is 30.1 Å². The van der Waals surface area contributed by atoms with Crippen LogP contribution >= 0.6 is 0 Å².